The first-order valence-corrected chi connectivity index (χ1v) is 6.74. The second-order valence-corrected chi connectivity index (χ2v) is 5.63. The Morgan fingerprint density at radius 1 is 1.39 bits per heavy atom. The highest BCUT2D eigenvalue weighted by Crippen LogP contribution is 2.29. The van der Waals surface area contributed by atoms with Crippen LogP contribution in [0.4, 0.5) is 0 Å². The molecule has 1 aromatic rings. The molecule has 1 fully saturated rings. The molecule has 0 aliphatic carbocycles. The molecule has 3 rings (SSSR count). The van der Waals surface area contributed by atoms with Crippen LogP contribution in [0.25, 0.3) is 0 Å². The number of rotatable bonds is 2. The van der Waals surface area contributed by atoms with Gasteiger partial charge in [-0.3, -0.25) is 4.90 Å². The maximum absolute atomic E-state index is 6.12. The molecule has 0 saturated carbocycles. The molecule has 0 aromatic carbocycles. The van der Waals surface area contributed by atoms with Gasteiger partial charge in [0.1, 0.15) is 12.2 Å². The molecule has 6 nitrogen and oxygen atoms in total. The van der Waals surface area contributed by atoms with Gasteiger partial charge in [-0.2, -0.15) is 0 Å². The molecule has 1 aromatic heterocycles. The summed E-state index contributed by atoms with van der Waals surface area (Å²) in [6.07, 6.45) is 4.26. The van der Waals surface area contributed by atoms with Crippen molar-refractivity contribution in [3.05, 3.63) is 12.2 Å². The smallest absolute Gasteiger partial charge is 0.147 e. The molecule has 2 aliphatic heterocycles. The highest BCUT2D eigenvalue weighted by molar-refractivity contribution is 5.01. The van der Waals surface area contributed by atoms with Crippen molar-refractivity contribution in [3.63, 3.8) is 0 Å². The van der Waals surface area contributed by atoms with E-state index < -0.39 is 0 Å². The summed E-state index contributed by atoms with van der Waals surface area (Å²) in [5.41, 5.74) is 6.24. The molecule has 1 saturated heterocycles. The average molecular weight is 250 g/mol. The predicted molar refractivity (Wildman–Crippen MR) is 68.9 cm³/mol. The average Bonchev–Trinajstić information content (AvgIpc) is 2.85. The summed E-state index contributed by atoms with van der Waals surface area (Å²) in [6.45, 7) is 5.89. The van der Waals surface area contributed by atoms with Gasteiger partial charge in [-0.15, -0.1) is 10.2 Å². The number of piperidine rings is 1. The molecular weight excluding hydrogens is 228 g/mol. The molecule has 0 amide bonds. The number of hydrogen-bond acceptors (Lipinski definition) is 5. The number of likely N-dealkylation sites (tertiary alicyclic amines) is 1. The zero-order valence-electron chi connectivity index (χ0n) is 11.0. The Kier molecular flexibility index (Phi) is 3.09. The first-order chi connectivity index (χ1) is 8.73. The van der Waals surface area contributed by atoms with Crippen molar-refractivity contribution < 1.29 is 0 Å². The van der Waals surface area contributed by atoms with Crippen LogP contribution in [0.1, 0.15) is 18.7 Å². The summed E-state index contributed by atoms with van der Waals surface area (Å²) in [6, 6.07) is 0. The third kappa shape index (κ3) is 1.94. The Balaban J connectivity index is 1.81. The van der Waals surface area contributed by atoms with Gasteiger partial charge >= 0.3 is 0 Å². The summed E-state index contributed by atoms with van der Waals surface area (Å²) in [4.78, 5) is 4.92. The molecule has 6 heteroatoms. The van der Waals surface area contributed by atoms with Gasteiger partial charge in [0.15, 0.2) is 0 Å². The van der Waals surface area contributed by atoms with Gasteiger partial charge in [0, 0.05) is 31.7 Å². The zero-order valence-corrected chi connectivity index (χ0v) is 11.0. The third-order valence-corrected chi connectivity index (χ3v) is 4.44. The van der Waals surface area contributed by atoms with E-state index in [1.807, 2.05) is 6.33 Å². The van der Waals surface area contributed by atoms with Gasteiger partial charge in [-0.25, -0.2) is 0 Å². The van der Waals surface area contributed by atoms with E-state index >= 15 is 0 Å². The molecule has 2 N–H and O–H groups in total. The van der Waals surface area contributed by atoms with Crippen LogP contribution in [-0.2, 0) is 13.1 Å². The summed E-state index contributed by atoms with van der Waals surface area (Å²) < 4.78 is 2.15. The predicted octanol–water partition coefficient (Wildman–Crippen LogP) is -0.483. The number of nitrogens with zero attached hydrogens (tertiary/aromatic N) is 5. The lowest BCUT2D eigenvalue weighted by Gasteiger charge is -2.49. The molecular formula is C12H22N6. The fraction of sp³-hybridized carbons (Fsp3) is 0.833. The zero-order chi connectivity index (χ0) is 12.6. The van der Waals surface area contributed by atoms with Crippen molar-refractivity contribution in [2.24, 2.45) is 5.73 Å². The highest BCUT2D eigenvalue weighted by atomic mass is 15.4. The Bertz CT molecular complexity index is 416. The number of hydrogen-bond donors (Lipinski definition) is 1. The maximum Gasteiger partial charge on any atom is 0.147 e. The molecule has 0 spiro atoms. The van der Waals surface area contributed by atoms with Crippen molar-refractivity contribution in [3.8, 4) is 0 Å². The monoisotopic (exact) mass is 250 g/mol. The Labute approximate surface area is 108 Å². The van der Waals surface area contributed by atoms with E-state index in [0.29, 0.717) is 0 Å². The summed E-state index contributed by atoms with van der Waals surface area (Å²) in [5.74, 6) is 1.07. The van der Waals surface area contributed by atoms with Crippen molar-refractivity contribution in [2.45, 2.75) is 31.5 Å². The summed E-state index contributed by atoms with van der Waals surface area (Å²) >= 11 is 0. The Hall–Kier alpha value is -0.980. The van der Waals surface area contributed by atoms with Gasteiger partial charge < -0.3 is 15.2 Å². The Morgan fingerprint density at radius 3 is 3.06 bits per heavy atom. The maximum atomic E-state index is 6.12. The van der Waals surface area contributed by atoms with Crippen molar-refractivity contribution in [1.82, 2.24) is 24.6 Å². The van der Waals surface area contributed by atoms with Crippen LogP contribution in [0.2, 0.25) is 0 Å². The lowest BCUT2D eigenvalue weighted by atomic mass is 9.86. The van der Waals surface area contributed by atoms with E-state index in [1.54, 1.807) is 0 Å². The van der Waals surface area contributed by atoms with Crippen LogP contribution >= 0.6 is 0 Å². The minimum Gasteiger partial charge on any atom is -0.329 e. The summed E-state index contributed by atoms with van der Waals surface area (Å²) in [7, 11) is 2.19. The molecule has 18 heavy (non-hydrogen) atoms. The Morgan fingerprint density at radius 2 is 2.28 bits per heavy atom. The second-order valence-electron chi connectivity index (χ2n) is 5.63. The van der Waals surface area contributed by atoms with Crippen LogP contribution in [0, 0.1) is 0 Å². The third-order valence-electron chi connectivity index (χ3n) is 4.44. The molecule has 100 valence electrons. The first kappa shape index (κ1) is 12.1. The quantitative estimate of drug-likeness (QED) is 0.768. The number of nitrogens with two attached hydrogens (primary N) is 1. The van der Waals surface area contributed by atoms with Gasteiger partial charge in [0.25, 0.3) is 0 Å². The summed E-state index contributed by atoms with van der Waals surface area (Å²) in [5, 5.41) is 8.19. The van der Waals surface area contributed by atoms with Crippen molar-refractivity contribution in [1.29, 1.82) is 0 Å². The second kappa shape index (κ2) is 4.60. The highest BCUT2D eigenvalue weighted by Gasteiger charge is 2.40. The van der Waals surface area contributed by atoms with E-state index in [9.17, 15) is 0 Å². The van der Waals surface area contributed by atoms with Crippen LogP contribution in [0.5, 0.6) is 0 Å². The molecule has 3 heterocycles. The molecule has 2 aliphatic rings. The first-order valence-electron chi connectivity index (χ1n) is 6.74. The fourth-order valence-corrected chi connectivity index (χ4v) is 3.36. The molecule has 0 radical (unpaired) electrons. The van der Waals surface area contributed by atoms with E-state index in [2.05, 4.69) is 31.6 Å². The van der Waals surface area contributed by atoms with Crippen LogP contribution in [-0.4, -0.2) is 63.3 Å². The topological polar surface area (TPSA) is 63.2 Å². The number of likely N-dealkylation sites (N-methyl/N-ethyl adjacent to an activating group) is 1. The van der Waals surface area contributed by atoms with Gasteiger partial charge in [0.2, 0.25) is 0 Å². The van der Waals surface area contributed by atoms with Crippen molar-refractivity contribution >= 4 is 0 Å². The molecule has 1 unspecified atom stereocenters. The standard InChI is InChI=1S/C12H22N6/c1-16-4-2-3-12(8-13,9-16)18-6-5-17-10-14-15-11(17)7-18/h10H,2-9,13H2,1H3. The van der Waals surface area contributed by atoms with E-state index in [1.165, 1.54) is 19.4 Å². The SMILES string of the molecule is CN1CCCC(CN)(N2CCn3cnnc3C2)C1. The largest absolute Gasteiger partial charge is 0.329 e. The van der Waals surface area contributed by atoms with Crippen LogP contribution < -0.4 is 5.73 Å². The van der Waals surface area contributed by atoms with E-state index in [4.69, 9.17) is 5.73 Å². The van der Waals surface area contributed by atoms with Crippen LogP contribution in [0.3, 0.4) is 0 Å². The van der Waals surface area contributed by atoms with Crippen molar-refractivity contribution in [2.75, 3.05) is 33.2 Å². The fourth-order valence-electron chi connectivity index (χ4n) is 3.36. The lowest BCUT2D eigenvalue weighted by molar-refractivity contribution is 0.00640. The van der Waals surface area contributed by atoms with Gasteiger partial charge in [-0.05, 0) is 26.4 Å². The minimum atomic E-state index is 0.129. The number of fused-ring (bicyclic) bond motifs is 1. The van der Waals surface area contributed by atoms with E-state index in [0.717, 1.165) is 38.5 Å². The van der Waals surface area contributed by atoms with E-state index in [-0.39, 0.29) is 5.54 Å². The number of aromatic nitrogens is 3. The lowest BCUT2D eigenvalue weighted by Crippen LogP contribution is -2.63. The molecule has 1 atom stereocenters. The minimum absolute atomic E-state index is 0.129. The molecule has 0 bridgehead atoms. The van der Waals surface area contributed by atoms with Gasteiger partial charge in [0.05, 0.1) is 6.54 Å². The normalized spacial score (nSPS) is 30.3. The van der Waals surface area contributed by atoms with Gasteiger partial charge in [-0.1, -0.05) is 0 Å². The van der Waals surface area contributed by atoms with Crippen LogP contribution in [0.15, 0.2) is 6.33 Å².